The number of ether oxygens (including phenoxy) is 7. The summed E-state index contributed by atoms with van der Waals surface area (Å²) < 4.78 is 37.1. The van der Waals surface area contributed by atoms with Crippen molar-refractivity contribution in [3.05, 3.63) is 0 Å². The first-order valence-corrected chi connectivity index (χ1v) is 11.7. The molecule has 11 heteroatoms. The maximum Gasteiger partial charge on any atom is 0.329 e. The first kappa shape index (κ1) is 31.7. The second-order valence-corrected chi connectivity index (χ2v) is 6.97. The summed E-state index contributed by atoms with van der Waals surface area (Å²) in [4.78, 5) is 21.5. The number of nitrogens with one attached hydrogen (secondary N) is 1. The summed E-state index contributed by atoms with van der Waals surface area (Å²) in [6.45, 7) is 7.92. The molecule has 196 valence electrons. The lowest BCUT2D eigenvalue weighted by Crippen LogP contribution is -2.31. The lowest BCUT2D eigenvalue weighted by atomic mass is 10.2. The summed E-state index contributed by atoms with van der Waals surface area (Å²) in [6, 6.07) is 0. The number of amides is 1. The van der Waals surface area contributed by atoms with Gasteiger partial charge >= 0.3 is 5.97 Å². The number of unbranched alkanes of at least 4 members (excludes halogenated alkanes) is 3. The van der Waals surface area contributed by atoms with E-state index in [-0.39, 0.29) is 12.5 Å². The van der Waals surface area contributed by atoms with Crippen molar-refractivity contribution >= 4 is 11.9 Å². The van der Waals surface area contributed by atoms with Gasteiger partial charge < -0.3 is 43.6 Å². The van der Waals surface area contributed by atoms with Crippen molar-refractivity contribution in [2.45, 2.75) is 32.6 Å². The fraction of sp³-hybridized carbons (Fsp3) is 0.909. The standard InChI is InChI=1S/C22H43NO10/c1-2-3-4-5-7-27-9-11-29-13-15-31-17-18-32-16-14-30-12-10-28-8-6-23-21(24)19-33-20-22(25)26/h2-20H2,1H3,(H,23,24)(H,25,26). The van der Waals surface area contributed by atoms with E-state index in [0.29, 0.717) is 79.2 Å². The number of aliphatic carboxylic acids is 1. The molecule has 0 aromatic carbocycles. The van der Waals surface area contributed by atoms with Gasteiger partial charge in [-0.25, -0.2) is 4.79 Å². The van der Waals surface area contributed by atoms with Gasteiger partial charge in [0, 0.05) is 13.2 Å². The van der Waals surface area contributed by atoms with Crippen LogP contribution in [0.5, 0.6) is 0 Å². The normalized spacial score (nSPS) is 11.1. The van der Waals surface area contributed by atoms with Crippen molar-refractivity contribution in [2.75, 3.05) is 99.0 Å². The molecule has 0 heterocycles. The Bertz CT molecular complexity index is 439. The third-order valence-electron chi connectivity index (χ3n) is 4.03. The van der Waals surface area contributed by atoms with Gasteiger partial charge in [-0.2, -0.15) is 0 Å². The zero-order valence-corrected chi connectivity index (χ0v) is 20.1. The number of hydrogen-bond acceptors (Lipinski definition) is 9. The topological polar surface area (TPSA) is 131 Å². The summed E-state index contributed by atoms with van der Waals surface area (Å²) in [7, 11) is 0. The first-order valence-electron chi connectivity index (χ1n) is 11.7. The SMILES string of the molecule is CCCCCCOCCOCCOCCOCCOCCOCCNC(=O)COCC(=O)O. The van der Waals surface area contributed by atoms with Crippen LogP contribution >= 0.6 is 0 Å². The molecule has 0 aliphatic rings. The smallest absolute Gasteiger partial charge is 0.329 e. The Labute approximate surface area is 197 Å². The predicted octanol–water partition coefficient (Wildman–Crippen LogP) is 0.884. The molecule has 2 N–H and O–H groups in total. The van der Waals surface area contributed by atoms with Crippen LogP contribution in [0.1, 0.15) is 32.6 Å². The minimum atomic E-state index is -1.11. The average molecular weight is 482 g/mol. The van der Waals surface area contributed by atoms with Crippen LogP contribution in [0.2, 0.25) is 0 Å². The van der Waals surface area contributed by atoms with Gasteiger partial charge in [-0.05, 0) is 6.42 Å². The molecule has 33 heavy (non-hydrogen) atoms. The summed E-state index contributed by atoms with van der Waals surface area (Å²) in [5.74, 6) is -1.50. The number of carboxylic acids is 1. The van der Waals surface area contributed by atoms with Crippen LogP contribution in [-0.2, 0) is 42.7 Å². The Morgan fingerprint density at radius 1 is 0.576 bits per heavy atom. The number of carbonyl (C=O) groups excluding carboxylic acids is 1. The number of carbonyl (C=O) groups is 2. The molecular formula is C22H43NO10. The molecule has 0 saturated carbocycles. The maximum atomic E-state index is 11.3. The molecule has 0 radical (unpaired) electrons. The van der Waals surface area contributed by atoms with Gasteiger partial charge in [-0.15, -0.1) is 0 Å². The molecule has 0 unspecified atom stereocenters. The van der Waals surface area contributed by atoms with E-state index in [0.717, 1.165) is 13.0 Å². The molecule has 1 amide bonds. The Hall–Kier alpha value is -1.34. The highest BCUT2D eigenvalue weighted by molar-refractivity contribution is 5.77. The maximum absolute atomic E-state index is 11.3. The number of rotatable bonds is 27. The van der Waals surface area contributed by atoms with E-state index in [1.165, 1.54) is 19.3 Å². The van der Waals surface area contributed by atoms with Crippen molar-refractivity contribution < 1.29 is 47.9 Å². The van der Waals surface area contributed by atoms with E-state index in [9.17, 15) is 9.59 Å². The largest absolute Gasteiger partial charge is 0.480 e. The van der Waals surface area contributed by atoms with E-state index < -0.39 is 12.6 Å². The molecule has 0 atom stereocenters. The summed E-state index contributed by atoms with van der Waals surface area (Å²) >= 11 is 0. The van der Waals surface area contributed by atoms with Gasteiger partial charge in [-0.1, -0.05) is 26.2 Å². The van der Waals surface area contributed by atoms with Crippen molar-refractivity contribution in [1.29, 1.82) is 0 Å². The molecule has 0 aromatic rings. The van der Waals surface area contributed by atoms with Gasteiger partial charge in [-0.3, -0.25) is 4.79 Å². The third kappa shape index (κ3) is 28.6. The van der Waals surface area contributed by atoms with Gasteiger partial charge in [0.15, 0.2) is 0 Å². The molecule has 0 fully saturated rings. The van der Waals surface area contributed by atoms with Crippen molar-refractivity contribution in [2.24, 2.45) is 0 Å². The molecular weight excluding hydrogens is 438 g/mol. The summed E-state index contributed by atoms with van der Waals surface area (Å²) in [6.07, 6.45) is 4.85. The van der Waals surface area contributed by atoms with Crippen LogP contribution in [0.3, 0.4) is 0 Å². The number of hydrogen-bond donors (Lipinski definition) is 2. The van der Waals surface area contributed by atoms with Crippen LogP contribution in [0.4, 0.5) is 0 Å². The lowest BCUT2D eigenvalue weighted by Gasteiger charge is -2.08. The van der Waals surface area contributed by atoms with Crippen molar-refractivity contribution in [3.63, 3.8) is 0 Å². The second-order valence-electron chi connectivity index (χ2n) is 6.97. The Morgan fingerprint density at radius 2 is 1.03 bits per heavy atom. The highest BCUT2D eigenvalue weighted by Gasteiger charge is 2.03. The Kier molecular flexibility index (Phi) is 25.8. The monoisotopic (exact) mass is 481 g/mol. The fourth-order valence-corrected chi connectivity index (χ4v) is 2.38. The van der Waals surface area contributed by atoms with Gasteiger partial charge in [0.1, 0.15) is 13.2 Å². The second kappa shape index (κ2) is 26.9. The van der Waals surface area contributed by atoms with E-state index in [4.69, 9.17) is 33.5 Å². The van der Waals surface area contributed by atoms with Crippen LogP contribution in [0, 0.1) is 0 Å². The fourth-order valence-electron chi connectivity index (χ4n) is 2.38. The minimum Gasteiger partial charge on any atom is -0.480 e. The van der Waals surface area contributed by atoms with Gasteiger partial charge in [0.25, 0.3) is 0 Å². The van der Waals surface area contributed by atoms with Crippen LogP contribution in [-0.4, -0.2) is 116 Å². The molecule has 0 aromatic heterocycles. The van der Waals surface area contributed by atoms with E-state index in [1.54, 1.807) is 0 Å². The molecule has 11 nitrogen and oxygen atoms in total. The summed E-state index contributed by atoms with van der Waals surface area (Å²) in [5, 5.41) is 10.9. The highest BCUT2D eigenvalue weighted by atomic mass is 16.6. The number of carboxylic acid groups (broad SMARTS) is 1. The van der Waals surface area contributed by atoms with E-state index >= 15 is 0 Å². The van der Waals surface area contributed by atoms with Crippen LogP contribution < -0.4 is 5.32 Å². The van der Waals surface area contributed by atoms with Crippen molar-refractivity contribution in [3.8, 4) is 0 Å². The summed E-state index contributed by atoms with van der Waals surface area (Å²) in [5.41, 5.74) is 0. The lowest BCUT2D eigenvalue weighted by molar-refractivity contribution is -0.143. The van der Waals surface area contributed by atoms with Gasteiger partial charge in [0.2, 0.25) is 5.91 Å². The first-order chi connectivity index (χ1) is 16.2. The van der Waals surface area contributed by atoms with E-state index in [1.807, 2.05) is 0 Å². The average Bonchev–Trinajstić information content (AvgIpc) is 2.79. The zero-order valence-electron chi connectivity index (χ0n) is 20.1. The predicted molar refractivity (Wildman–Crippen MR) is 121 cm³/mol. The van der Waals surface area contributed by atoms with Gasteiger partial charge in [0.05, 0.1) is 72.7 Å². The van der Waals surface area contributed by atoms with Crippen molar-refractivity contribution in [1.82, 2.24) is 5.32 Å². The Morgan fingerprint density at radius 3 is 1.48 bits per heavy atom. The molecule has 0 aliphatic heterocycles. The minimum absolute atomic E-state index is 0.289. The van der Waals surface area contributed by atoms with Crippen LogP contribution in [0.15, 0.2) is 0 Å². The highest BCUT2D eigenvalue weighted by Crippen LogP contribution is 1.98. The molecule has 0 rings (SSSR count). The Balaban J connectivity index is 3.09. The molecule has 0 aliphatic carbocycles. The molecule has 0 saturated heterocycles. The van der Waals surface area contributed by atoms with E-state index in [2.05, 4.69) is 17.0 Å². The molecule has 0 spiro atoms. The third-order valence-corrected chi connectivity index (χ3v) is 4.03. The van der Waals surface area contributed by atoms with Crippen LogP contribution in [0.25, 0.3) is 0 Å². The zero-order chi connectivity index (χ0) is 24.2. The quantitative estimate of drug-likeness (QED) is 0.163. The molecule has 0 bridgehead atoms.